The van der Waals surface area contributed by atoms with Crippen molar-refractivity contribution in [2.75, 3.05) is 5.75 Å². The van der Waals surface area contributed by atoms with Gasteiger partial charge < -0.3 is 0 Å². The van der Waals surface area contributed by atoms with Crippen molar-refractivity contribution in [2.45, 2.75) is 45.7 Å². The average molecular weight is 384 g/mol. The van der Waals surface area contributed by atoms with Gasteiger partial charge in [0.25, 0.3) is 5.56 Å². The van der Waals surface area contributed by atoms with Crippen LogP contribution in [0.3, 0.4) is 0 Å². The number of thiophene rings is 1. The number of thioether (sulfide) groups is 1. The maximum absolute atomic E-state index is 13.4. The molecule has 3 rings (SSSR count). The number of nitriles is 1. The normalized spacial score (nSPS) is 11.0. The minimum absolute atomic E-state index is 0.0149. The van der Waals surface area contributed by atoms with E-state index < -0.39 is 0 Å². The van der Waals surface area contributed by atoms with Gasteiger partial charge in [-0.3, -0.25) is 9.36 Å². The van der Waals surface area contributed by atoms with Crippen LogP contribution < -0.4 is 5.56 Å². The van der Waals surface area contributed by atoms with Gasteiger partial charge in [0.05, 0.1) is 17.1 Å². The quantitative estimate of drug-likeness (QED) is 0.356. The molecular formula is C20H21N3OS2. The molecule has 0 spiro atoms. The van der Waals surface area contributed by atoms with Crippen LogP contribution in [0.25, 0.3) is 15.9 Å². The molecule has 0 saturated heterocycles. The summed E-state index contributed by atoms with van der Waals surface area (Å²) >= 11 is 3.04. The Balaban J connectivity index is 2.30. The summed E-state index contributed by atoms with van der Waals surface area (Å²) in [7, 11) is 0. The highest BCUT2D eigenvalue weighted by Gasteiger charge is 2.19. The van der Waals surface area contributed by atoms with Gasteiger partial charge in [-0.2, -0.15) is 5.26 Å². The summed E-state index contributed by atoms with van der Waals surface area (Å²) in [6, 6.07) is 8.19. The number of nitrogens with zero attached hydrogens (tertiary/aromatic N) is 3. The third-order valence-corrected chi connectivity index (χ3v) is 6.52. The number of aryl methyl sites for hydroxylation is 4. The van der Waals surface area contributed by atoms with E-state index in [-0.39, 0.29) is 5.56 Å². The first-order chi connectivity index (χ1) is 12.5. The van der Waals surface area contributed by atoms with Gasteiger partial charge in [-0.25, -0.2) is 4.98 Å². The number of rotatable bonds is 5. The largest absolute Gasteiger partial charge is 0.268 e. The van der Waals surface area contributed by atoms with Crippen molar-refractivity contribution in [1.29, 1.82) is 5.26 Å². The summed E-state index contributed by atoms with van der Waals surface area (Å²) in [6.45, 7) is 8.23. The summed E-state index contributed by atoms with van der Waals surface area (Å²) in [5.41, 5.74) is 4.24. The average Bonchev–Trinajstić information content (AvgIpc) is 2.93. The third-order valence-electron chi connectivity index (χ3n) is 4.54. The number of benzene rings is 1. The fourth-order valence-electron chi connectivity index (χ4n) is 3.00. The van der Waals surface area contributed by atoms with Crippen LogP contribution in [0.15, 0.2) is 28.2 Å². The Kier molecular flexibility index (Phi) is 5.49. The van der Waals surface area contributed by atoms with Crippen LogP contribution >= 0.6 is 23.1 Å². The zero-order chi connectivity index (χ0) is 18.8. The highest BCUT2D eigenvalue weighted by atomic mass is 32.2. The molecule has 4 nitrogen and oxygen atoms in total. The Morgan fingerprint density at radius 1 is 1.27 bits per heavy atom. The lowest BCUT2D eigenvalue weighted by molar-refractivity contribution is 0.819. The van der Waals surface area contributed by atoms with Crippen LogP contribution in [0.5, 0.6) is 0 Å². The standard InChI is InChI=1S/C20H21N3OS2/c1-5-16-14(4)26-18-17(16)19(24)23(20(22-18)25-10-6-9-21)15-8-7-12(2)13(3)11-15/h7-8,11H,5-6,10H2,1-4H3. The first kappa shape index (κ1) is 18.7. The SMILES string of the molecule is CCc1c(C)sc2nc(SCCC#N)n(-c3ccc(C)c(C)c3)c(=O)c12. The van der Waals surface area contributed by atoms with Crippen LogP contribution in [-0.4, -0.2) is 15.3 Å². The van der Waals surface area contributed by atoms with E-state index >= 15 is 0 Å². The molecule has 0 unspecified atom stereocenters. The van der Waals surface area contributed by atoms with Gasteiger partial charge in [-0.05, 0) is 56.0 Å². The second kappa shape index (κ2) is 7.65. The smallest absolute Gasteiger partial charge is 0.267 e. The predicted molar refractivity (Wildman–Crippen MR) is 110 cm³/mol. The molecule has 0 aliphatic rings. The predicted octanol–water partition coefficient (Wildman–Crippen LogP) is 4.94. The first-order valence-electron chi connectivity index (χ1n) is 8.60. The van der Waals surface area contributed by atoms with E-state index in [9.17, 15) is 4.79 Å². The van der Waals surface area contributed by atoms with Gasteiger partial charge in [0, 0.05) is 17.1 Å². The van der Waals surface area contributed by atoms with Crippen LogP contribution in [-0.2, 0) is 6.42 Å². The summed E-state index contributed by atoms with van der Waals surface area (Å²) in [5.74, 6) is 0.615. The second-order valence-corrected chi connectivity index (χ2v) is 8.50. The zero-order valence-corrected chi connectivity index (χ0v) is 17.1. The highest BCUT2D eigenvalue weighted by molar-refractivity contribution is 7.99. The van der Waals surface area contributed by atoms with Gasteiger partial charge >= 0.3 is 0 Å². The summed E-state index contributed by atoms with van der Waals surface area (Å²) < 4.78 is 1.71. The fourth-order valence-corrected chi connectivity index (χ4v) is 5.01. The van der Waals surface area contributed by atoms with Crippen LogP contribution in [0.2, 0.25) is 0 Å². The number of fused-ring (bicyclic) bond motifs is 1. The summed E-state index contributed by atoms with van der Waals surface area (Å²) in [6.07, 6.45) is 1.24. The third kappa shape index (κ3) is 3.29. The van der Waals surface area contributed by atoms with E-state index in [0.29, 0.717) is 17.3 Å². The van der Waals surface area contributed by atoms with E-state index in [1.807, 2.05) is 32.0 Å². The fraction of sp³-hybridized carbons (Fsp3) is 0.350. The van der Waals surface area contributed by atoms with E-state index in [1.54, 1.807) is 15.9 Å². The Hall–Kier alpha value is -2.10. The Morgan fingerprint density at radius 2 is 2.04 bits per heavy atom. The molecule has 2 aromatic heterocycles. The Bertz CT molecular complexity index is 1070. The van der Waals surface area contributed by atoms with Crippen molar-refractivity contribution in [2.24, 2.45) is 0 Å². The minimum Gasteiger partial charge on any atom is -0.268 e. The van der Waals surface area contributed by atoms with Crippen molar-refractivity contribution in [3.05, 3.63) is 50.1 Å². The Labute approximate surface area is 161 Å². The maximum Gasteiger partial charge on any atom is 0.267 e. The van der Waals surface area contributed by atoms with E-state index in [1.165, 1.54) is 17.3 Å². The van der Waals surface area contributed by atoms with Crippen molar-refractivity contribution in [3.63, 3.8) is 0 Å². The zero-order valence-electron chi connectivity index (χ0n) is 15.4. The molecule has 1 aromatic carbocycles. The minimum atomic E-state index is -0.0149. The number of hydrogen-bond acceptors (Lipinski definition) is 5. The molecule has 0 N–H and O–H groups in total. The molecule has 2 heterocycles. The molecule has 0 saturated carbocycles. The number of aromatic nitrogens is 2. The first-order valence-corrected chi connectivity index (χ1v) is 10.4. The molecule has 0 amide bonds. The van der Waals surface area contributed by atoms with Crippen molar-refractivity contribution >= 4 is 33.3 Å². The van der Waals surface area contributed by atoms with E-state index in [0.717, 1.165) is 38.3 Å². The lowest BCUT2D eigenvalue weighted by Gasteiger charge is -2.13. The molecule has 3 aromatic rings. The van der Waals surface area contributed by atoms with Gasteiger partial charge in [-0.1, -0.05) is 24.8 Å². The molecule has 0 radical (unpaired) electrons. The van der Waals surface area contributed by atoms with Crippen molar-refractivity contribution in [3.8, 4) is 11.8 Å². The van der Waals surface area contributed by atoms with Gasteiger partial charge in [0.2, 0.25) is 0 Å². The van der Waals surface area contributed by atoms with Crippen molar-refractivity contribution in [1.82, 2.24) is 9.55 Å². The molecule has 0 aliphatic heterocycles. The second-order valence-electron chi connectivity index (χ2n) is 6.23. The monoisotopic (exact) mass is 383 g/mol. The van der Waals surface area contributed by atoms with Gasteiger partial charge in [0.15, 0.2) is 5.16 Å². The molecule has 6 heteroatoms. The summed E-state index contributed by atoms with van der Waals surface area (Å²) in [4.78, 5) is 20.2. The molecular weight excluding hydrogens is 362 g/mol. The van der Waals surface area contributed by atoms with E-state index in [2.05, 4.69) is 19.9 Å². The molecule has 134 valence electrons. The Morgan fingerprint density at radius 3 is 2.69 bits per heavy atom. The number of hydrogen-bond donors (Lipinski definition) is 0. The lowest BCUT2D eigenvalue weighted by atomic mass is 10.1. The van der Waals surface area contributed by atoms with Crippen molar-refractivity contribution < 1.29 is 0 Å². The molecule has 0 fully saturated rings. The molecule has 0 bridgehead atoms. The molecule has 0 aliphatic carbocycles. The maximum atomic E-state index is 13.4. The topological polar surface area (TPSA) is 58.7 Å². The summed E-state index contributed by atoms with van der Waals surface area (Å²) in [5, 5.41) is 10.2. The van der Waals surface area contributed by atoms with Gasteiger partial charge in [0.1, 0.15) is 4.83 Å². The van der Waals surface area contributed by atoms with Crippen LogP contribution in [0.1, 0.15) is 34.9 Å². The van der Waals surface area contributed by atoms with Gasteiger partial charge in [-0.15, -0.1) is 11.3 Å². The highest BCUT2D eigenvalue weighted by Crippen LogP contribution is 2.31. The van der Waals surface area contributed by atoms with Crippen LogP contribution in [0.4, 0.5) is 0 Å². The molecule has 0 atom stereocenters. The van der Waals surface area contributed by atoms with Crippen LogP contribution in [0, 0.1) is 32.1 Å². The molecule has 26 heavy (non-hydrogen) atoms. The lowest BCUT2D eigenvalue weighted by Crippen LogP contribution is -2.22. The van der Waals surface area contributed by atoms with E-state index in [4.69, 9.17) is 10.2 Å².